The molecule has 0 amide bonds. The zero-order chi connectivity index (χ0) is 26.8. The van der Waals surface area contributed by atoms with Crippen LogP contribution in [0.4, 0.5) is 17.3 Å². The third kappa shape index (κ3) is 6.06. The third-order valence-corrected chi connectivity index (χ3v) is 9.27. The van der Waals surface area contributed by atoms with Gasteiger partial charge in [-0.2, -0.15) is 9.19 Å². The first-order valence-corrected chi connectivity index (χ1v) is 14.9. The first-order chi connectivity index (χ1) is 18.9. The number of aliphatic hydroxyl groups is 1. The standard InChI is InChI=1S/C27H31N7O4S/c35-22-5-3-21(4-6-22)31-24-13-26(29-14-19(24)2-1-18-10-12-38-17-18)32-25-9-11-28-27(33-25)20-15-30-34(16-20)39(36,37)23-7-8-23/h9,11,13-16,18,21-23,35H,3-8,10,12,17H2,(H2,28,29,31,32,33). The number of hydrogen-bond donors (Lipinski definition) is 3. The minimum Gasteiger partial charge on any atom is -0.393 e. The molecule has 204 valence electrons. The van der Waals surface area contributed by atoms with Crippen molar-refractivity contribution in [1.82, 2.24) is 24.1 Å². The number of anilines is 3. The van der Waals surface area contributed by atoms with E-state index in [1.54, 1.807) is 18.5 Å². The number of pyridine rings is 1. The maximum Gasteiger partial charge on any atom is 0.256 e. The first kappa shape index (κ1) is 25.7. The number of nitrogens with one attached hydrogen (secondary N) is 2. The average molecular weight is 550 g/mol. The lowest BCUT2D eigenvalue weighted by atomic mass is 9.93. The van der Waals surface area contributed by atoms with Crippen molar-refractivity contribution >= 4 is 27.3 Å². The number of hydrogen-bond acceptors (Lipinski definition) is 10. The summed E-state index contributed by atoms with van der Waals surface area (Å²) in [5.41, 5.74) is 2.20. The number of aromatic nitrogens is 5. The van der Waals surface area contributed by atoms with Gasteiger partial charge in [-0.25, -0.2) is 23.4 Å². The van der Waals surface area contributed by atoms with Crippen molar-refractivity contribution in [2.24, 2.45) is 5.92 Å². The van der Waals surface area contributed by atoms with E-state index in [1.807, 2.05) is 6.07 Å². The summed E-state index contributed by atoms with van der Waals surface area (Å²) >= 11 is 0. The van der Waals surface area contributed by atoms with Gasteiger partial charge >= 0.3 is 0 Å². The Morgan fingerprint density at radius 2 is 1.90 bits per heavy atom. The van der Waals surface area contributed by atoms with Crippen molar-refractivity contribution in [3.63, 3.8) is 0 Å². The van der Waals surface area contributed by atoms with E-state index >= 15 is 0 Å². The highest BCUT2D eigenvalue weighted by Crippen LogP contribution is 2.31. The highest BCUT2D eigenvalue weighted by molar-refractivity contribution is 7.90. The predicted molar refractivity (Wildman–Crippen MR) is 146 cm³/mol. The van der Waals surface area contributed by atoms with E-state index in [4.69, 9.17) is 4.74 Å². The van der Waals surface area contributed by atoms with Gasteiger partial charge in [-0.15, -0.1) is 0 Å². The molecule has 0 radical (unpaired) electrons. The molecule has 2 aliphatic carbocycles. The number of nitrogens with zero attached hydrogens (tertiary/aromatic N) is 5. The Morgan fingerprint density at radius 3 is 2.67 bits per heavy atom. The molecule has 11 nitrogen and oxygen atoms in total. The lowest BCUT2D eigenvalue weighted by Crippen LogP contribution is -2.28. The minimum atomic E-state index is -3.46. The quantitative estimate of drug-likeness (QED) is 0.376. The molecule has 1 atom stereocenters. The fourth-order valence-electron chi connectivity index (χ4n) is 4.79. The zero-order valence-electron chi connectivity index (χ0n) is 21.5. The van der Waals surface area contributed by atoms with Gasteiger partial charge in [0.2, 0.25) is 0 Å². The van der Waals surface area contributed by atoms with Crippen LogP contribution in [0, 0.1) is 17.8 Å². The van der Waals surface area contributed by atoms with Gasteiger partial charge in [0.05, 0.1) is 47.2 Å². The average Bonchev–Trinajstić information content (AvgIpc) is 3.45. The molecule has 0 spiro atoms. The van der Waals surface area contributed by atoms with Crippen molar-refractivity contribution in [2.75, 3.05) is 23.8 Å². The fraction of sp³-hybridized carbons (Fsp3) is 0.481. The van der Waals surface area contributed by atoms with Crippen LogP contribution in [0.3, 0.4) is 0 Å². The molecule has 4 heterocycles. The molecular weight excluding hydrogens is 518 g/mol. The van der Waals surface area contributed by atoms with E-state index in [9.17, 15) is 13.5 Å². The smallest absolute Gasteiger partial charge is 0.256 e. The van der Waals surface area contributed by atoms with E-state index in [0.717, 1.165) is 54.0 Å². The molecule has 3 fully saturated rings. The Morgan fingerprint density at radius 1 is 1.05 bits per heavy atom. The van der Waals surface area contributed by atoms with E-state index in [1.165, 1.54) is 12.4 Å². The van der Waals surface area contributed by atoms with Crippen molar-refractivity contribution in [2.45, 2.75) is 62.3 Å². The maximum atomic E-state index is 12.5. The molecule has 3 aliphatic rings. The number of rotatable bonds is 7. The van der Waals surface area contributed by atoms with Crippen LogP contribution in [0.1, 0.15) is 50.5 Å². The van der Waals surface area contributed by atoms with Crippen molar-refractivity contribution < 1.29 is 18.3 Å². The molecular formula is C27H31N7O4S. The van der Waals surface area contributed by atoms with Crippen LogP contribution in [-0.4, -0.2) is 68.3 Å². The summed E-state index contributed by atoms with van der Waals surface area (Å²) in [5, 5.41) is 20.4. The monoisotopic (exact) mass is 549 g/mol. The SMILES string of the molecule is O=S(=O)(C1CC1)n1cc(-c2nccc(Nc3cc(NC4CCC(O)CC4)c(C#CC4CCOC4)cn3)n2)cn1. The van der Waals surface area contributed by atoms with Crippen LogP contribution in [0.5, 0.6) is 0 Å². The molecule has 0 aromatic carbocycles. The molecule has 6 rings (SSSR count). The van der Waals surface area contributed by atoms with Crippen LogP contribution in [-0.2, 0) is 14.8 Å². The zero-order valence-corrected chi connectivity index (χ0v) is 22.3. The van der Waals surface area contributed by atoms with Crippen molar-refractivity contribution in [3.05, 3.63) is 42.5 Å². The molecule has 2 saturated carbocycles. The third-order valence-electron chi connectivity index (χ3n) is 7.24. The summed E-state index contributed by atoms with van der Waals surface area (Å²) in [6.45, 7) is 1.40. The van der Waals surface area contributed by atoms with Gasteiger partial charge in [0, 0.05) is 37.0 Å². The lowest BCUT2D eigenvalue weighted by Gasteiger charge is -2.27. The Hall–Kier alpha value is -3.53. The van der Waals surface area contributed by atoms with Gasteiger partial charge in [0.1, 0.15) is 11.6 Å². The normalized spacial score (nSPS) is 23.2. The molecule has 0 bridgehead atoms. The van der Waals surface area contributed by atoms with Gasteiger partial charge in [0.25, 0.3) is 10.0 Å². The second-order valence-corrected chi connectivity index (χ2v) is 12.4. The Kier molecular flexibility index (Phi) is 7.20. The molecule has 39 heavy (non-hydrogen) atoms. The largest absolute Gasteiger partial charge is 0.393 e. The summed E-state index contributed by atoms with van der Waals surface area (Å²) in [6.07, 6.45) is 11.6. The number of aliphatic hydroxyl groups excluding tert-OH is 1. The Bertz CT molecular complexity index is 1500. The number of ether oxygens (including phenoxy) is 1. The van der Waals surface area contributed by atoms with Crippen LogP contribution in [0.25, 0.3) is 11.4 Å². The fourth-order valence-corrected chi connectivity index (χ4v) is 6.26. The van der Waals surface area contributed by atoms with E-state index in [-0.39, 0.29) is 23.3 Å². The molecule has 1 unspecified atom stereocenters. The van der Waals surface area contributed by atoms with Crippen molar-refractivity contribution in [3.8, 4) is 23.2 Å². The summed E-state index contributed by atoms with van der Waals surface area (Å²) in [6, 6.07) is 3.88. The van der Waals surface area contributed by atoms with Gasteiger partial charge in [-0.1, -0.05) is 11.8 Å². The molecule has 1 saturated heterocycles. The molecule has 12 heteroatoms. The van der Waals surface area contributed by atoms with Gasteiger partial charge in [-0.3, -0.25) is 0 Å². The van der Waals surface area contributed by atoms with Crippen LogP contribution in [0.15, 0.2) is 36.9 Å². The highest BCUT2D eigenvalue weighted by Gasteiger charge is 2.37. The molecule has 1 aliphatic heterocycles. The second kappa shape index (κ2) is 10.9. The van der Waals surface area contributed by atoms with E-state index < -0.39 is 10.0 Å². The molecule has 3 aromatic rings. The minimum absolute atomic E-state index is 0.225. The highest BCUT2D eigenvalue weighted by atomic mass is 32.2. The van der Waals surface area contributed by atoms with Crippen LogP contribution < -0.4 is 10.6 Å². The molecule has 3 aromatic heterocycles. The summed E-state index contributed by atoms with van der Waals surface area (Å²) in [5.74, 6) is 8.28. The van der Waals surface area contributed by atoms with E-state index in [2.05, 4.69) is 42.5 Å². The second-order valence-electron chi connectivity index (χ2n) is 10.3. The topological polar surface area (TPSA) is 144 Å². The molecule has 3 N–H and O–H groups in total. The van der Waals surface area contributed by atoms with Crippen molar-refractivity contribution in [1.29, 1.82) is 0 Å². The van der Waals surface area contributed by atoms with Crippen LogP contribution >= 0.6 is 0 Å². The van der Waals surface area contributed by atoms with E-state index in [0.29, 0.717) is 42.5 Å². The summed E-state index contributed by atoms with van der Waals surface area (Å²) in [4.78, 5) is 13.4. The lowest BCUT2D eigenvalue weighted by molar-refractivity contribution is 0.126. The Balaban J connectivity index is 1.22. The predicted octanol–water partition coefficient (Wildman–Crippen LogP) is 2.92. The van der Waals surface area contributed by atoms with Gasteiger partial charge in [0.15, 0.2) is 5.82 Å². The van der Waals surface area contributed by atoms with Gasteiger partial charge in [-0.05, 0) is 51.0 Å². The van der Waals surface area contributed by atoms with Crippen LogP contribution in [0.2, 0.25) is 0 Å². The summed E-state index contributed by atoms with van der Waals surface area (Å²) < 4.78 is 31.5. The summed E-state index contributed by atoms with van der Waals surface area (Å²) in [7, 11) is -3.46. The van der Waals surface area contributed by atoms with Gasteiger partial charge < -0.3 is 20.5 Å². The Labute approximate surface area is 227 Å². The first-order valence-electron chi connectivity index (χ1n) is 13.4. The maximum absolute atomic E-state index is 12.5.